The van der Waals surface area contributed by atoms with Crippen molar-refractivity contribution in [3.05, 3.63) is 36.4 Å². The number of benzene rings is 1. The Hall–Kier alpha value is -1.22. The molecule has 3 N–H and O–H groups in total. The molecular weight excluding hydrogens is 225 g/mol. The SMILES string of the molecule is C=C(C)C(=O)Nc1cccc([P+](C)(O)O)c1. The summed E-state index contributed by atoms with van der Waals surface area (Å²) in [6.45, 7) is 6.49. The maximum atomic E-state index is 11.3. The van der Waals surface area contributed by atoms with Crippen LogP contribution < -0.4 is 10.6 Å². The zero-order valence-electron chi connectivity index (χ0n) is 9.27. The number of hydrogen-bond acceptors (Lipinski definition) is 3. The Labute approximate surface area is 95.1 Å². The van der Waals surface area contributed by atoms with Crippen LogP contribution in [0.5, 0.6) is 0 Å². The number of carbonyl (C=O) groups is 1. The topological polar surface area (TPSA) is 69.6 Å². The minimum atomic E-state index is -3.04. The monoisotopic (exact) mass is 240 g/mol. The second-order valence-corrected chi connectivity index (χ2v) is 6.04. The molecule has 0 bridgehead atoms. The Morgan fingerprint density at radius 3 is 2.56 bits per heavy atom. The molecule has 1 aromatic rings. The van der Waals surface area contributed by atoms with E-state index in [0.717, 1.165) is 0 Å². The third-order valence-corrected chi connectivity index (χ3v) is 3.24. The molecule has 1 aromatic carbocycles. The van der Waals surface area contributed by atoms with Crippen molar-refractivity contribution in [3.8, 4) is 0 Å². The van der Waals surface area contributed by atoms with E-state index in [1.807, 2.05) is 0 Å². The van der Waals surface area contributed by atoms with Crippen molar-refractivity contribution >= 4 is 24.6 Å². The van der Waals surface area contributed by atoms with E-state index in [2.05, 4.69) is 11.9 Å². The van der Waals surface area contributed by atoms with Crippen molar-refractivity contribution in [1.82, 2.24) is 0 Å². The molecule has 0 aliphatic carbocycles. The van der Waals surface area contributed by atoms with Crippen LogP contribution in [-0.2, 0) is 4.79 Å². The maximum Gasteiger partial charge on any atom is 0.296 e. The first-order valence-electron chi connectivity index (χ1n) is 4.70. The average Bonchev–Trinajstić information content (AvgIpc) is 2.16. The molecule has 0 aliphatic rings. The van der Waals surface area contributed by atoms with E-state index in [-0.39, 0.29) is 5.91 Å². The summed E-state index contributed by atoms with van der Waals surface area (Å²) in [4.78, 5) is 30.3. The Morgan fingerprint density at radius 1 is 1.44 bits per heavy atom. The largest absolute Gasteiger partial charge is 0.322 e. The van der Waals surface area contributed by atoms with Crippen LogP contribution in [0, 0.1) is 0 Å². The zero-order chi connectivity index (χ0) is 12.3. The summed E-state index contributed by atoms with van der Waals surface area (Å²) in [5, 5.41) is 3.03. The molecule has 0 saturated heterocycles. The summed E-state index contributed by atoms with van der Waals surface area (Å²) in [6.07, 6.45) is 0. The number of anilines is 1. The molecule has 5 heteroatoms. The smallest absolute Gasteiger partial charge is 0.296 e. The van der Waals surface area contributed by atoms with Gasteiger partial charge in [-0.15, -0.1) is 0 Å². The van der Waals surface area contributed by atoms with Gasteiger partial charge in [-0.2, -0.15) is 0 Å². The highest BCUT2D eigenvalue weighted by Gasteiger charge is 2.29. The first kappa shape index (κ1) is 12.8. The number of carbonyl (C=O) groups excluding carboxylic acids is 1. The lowest BCUT2D eigenvalue weighted by atomic mass is 10.3. The quantitative estimate of drug-likeness (QED) is 0.550. The van der Waals surface area contributed by atoms with Crippen LogP contribution >= 0.6 is 7.72 Å². The number of amides is 1. The molecule has 16 heavy (non-hydrogen) atoms. The van der Waals surface area contributed by atoms with Gasteiger partial charge in [0.15, 0.2) is 5.30 Å². The Morgan fingerprint density at radius 2 is 2.06 bits per heavy atom. The van der Waals surface area contributed by atoms with Crippen molar-refractivity contribution in [2.24, 2.45) is 0 Å². The maximum absolute atomic E-state index is 11.3. The Kier molecular flexibility index (Phi) is 3.81. The molecule has 0 radical (unpaired) electrons. The second-order valence-electron chi connectivity index (χ2n) is 3.70. The highest BCUT2D eigenvalue weighted by molar-refractivity contribution is 7.71. The van der Waals surface area contributed by atoms with Crippen LogP contribution in [0.4, 0.5) is 5.69 Å². The summed E-state index contributed by atoms with van der Waals surface area (Å²) in [7, 11) is -3.04. The van der Waals surface area contributed by atoms with Gasteiger partial charge < -0.3 is 5.32 Å². The summed E-state index contributed by atoms with van der Waals surface area (Å²) in [6, 6.07) is 6.51. The van der Waals surface area contributed by atoms with Crippen LogP contribution in [0.1, 0.15) is 6.92 Å². The molecular formula is C11H15NO3P+. The lowest BCUT2D eigenvalue weighted by Gasteiger charge is -2.09. The van der Waals surface area contributed by atoms with Crippen molar-refractivity contribution in [2.75, 3.05) is 12.0 Å². The second kappa shape index (κ2) is 4.74. The average molecular weight is 240 g/mol. The lowest BCUT2D eigenvalue weighted by molar-refractivity contribution is -0.112. The molecule has 0 aliphatic heterocycles. The summed E-state index contributed by atoms with van der Waals surface area (Å²) < 4.78 is 0. The van der Waals surface area contributed by atoms with E-state index in [0.29, 0.717) is 16.6 Å². The third-order valence-electron chi connectivity index (χ3n) is 1.98. The number of nitrogens with one attached hydrogen (secondary N) is 1. The molecule has 1 rings (SSSR count). The lowest BCUT2D eigenvalue weighted by Crippen LogP contribution is -2.15. The van der Waals surface area contributed by atoms with Gasteiger partial charge in [-0.1, -0.05) is 12.6 Å². The van der Waals surface area contributed by atoms with Crippen LogP contribution in [-0.4, -0.2) is 22.4 Å². The fourth-order valence-electron chi connectivity index (χ4n) is 1.08. The zero-order valence-corrected chi connectivity index (χ0v) is 10.2. The standard InChI is InChI=1S/C11H14NO3P/c1-8(2)11(13)12-9-5-4-6-10(7-9)16(3,14)15/h4-7,14-15H,1H2,2-3H3/p+1. The fraction of sp³-hybridized carbons (Fsp3) is 0.182. The third kappa shape index (κ3) is 3.42. The number of rotatable bonds is 3. The Balaban J connectivity index is 2.92. The van der Waals surface area contributed by atoms with E-state index in [1.54, 1.807) is 31.2 Å². The summed E-state index contributed by atoms with van der Waals surface area (Å²) in [5.41, 5.74) is 0.927. The summed E-state index contributed by atoms with van der Waals surface area (Å²) >= 11 is 0. The minimum absolute atomic E-state index is 0.284. The Bertz CT molecular complexity index is 423. The predicted octanol–water partition coefficient (Wildman–Crippen LogP) is 1.29. The first-order chi connectivity index (χ1) is 7.30. The normalized spacial score (nSPS) is 11.0. The molecule has 0 aromatic heterocycles. The molecule has 0 saturated carbocycles. The fourth-order valence-corrected chi connectivity index (χ4v) is 1.84. The molecule has 0 atom stereocenters. The van der Waals surface area contributed by atoms with E-state index in [1.165, 1.54) is 6.66 Å². The molecule has 0 fully saturated rings. The molecule has 1 amide bonds. The van der Waals surface area contributed by atoms with Gasteiger partial charge in [0.1, 0.15) is 6.66 Å². The number of hydrogen-bond donors (Lipinski definition) is 3. The van der Waals surface area contributed by atoms with Gasteiger partial charge >= 0.3 is 0 Å². The predicted molar refractivity (Wildman–Crippen MR) is 66.8 cm³/mol. The van der Waals surface area contributed by atoms with Gasteiger partial charge in [0.05, 0.1) is 0 Å². The van der Waals surface area contributed by atoms with Crippen LogP contribution in [0.3, 0.4) is 0 Å². The van der Waals surface area contributed by atoms with Crippen molar-refractivity contribution < 1.29 is 14.6 Å². The molecule has 0 spiro atoms. The van der Waals surface area contributed by atoms with Gasteiger partial charge in [-0.25, -0.2) is 9.79 Å². The molecule has 0 heterocycles. The minimum Gasteiger partial charge on any atom is -0.322 e. The van der Waals surface area contributed by atoms with Crippen LogP contribution in [0.25, 0.3) is 0 Å². The van der Waals surface area contributed by atoms with Crippen LogP contribution in [0.15, 0.2) is 36.4 Å². The van der Waals surface area contributed by atoms with E-state index >= 15 is 0 Å². The molecule has 0 unspecified atom stereocenters. The van der Waals surface area contributed by atoms with E-state index < -0.39 is 7.72 Å². The van der Waals surface area contributed by atoms with Crippen molar-refractivity contribution in [3.63, 3.8) is 0 Å². The van der Waals surface area contributed by atoms with Gasteiger partial charge in [0.25, 0.3) is 13.6 Å². The van der Waals surface area contributed by atoms with Crippen molar-refractivity contribution in [2.45, 2.75) is 6.92 Å². The highest BCUT2D eigenvalue weighted by Crippen LogP contribution is 2.43. The molecule has 86 valence electrons. The van der Waals surface area contributed by atoms with Gasteiger partial charge in [0.2, 0.25) is 0 Å². The van der Waals surface area contributed by atoms with Gasteiger partial charge in [0, 0.05) is 17.3 Å². The van der Waals surface area contributed by atoms with Gasteiger partial charge in [-0.3, -0.25) is 4.79 Å². The highest BCUT2D eigenvalue weighted by atomic mass is 31.2. The summed E-state index contributed by atoms with van der Waals surface area (Å²) in [5.74, 6) is -0.284. The van der Waals surface area contributed by atoms with E-state index in [9.17, 15) is 14.6 Å². The molecule has 4 nitrogen and oxygen atoms in total. The van der Waals surface area contributed by atoms with Crippen LogP contribution in [0.2, 0.25) is 0 Å². The van der Waals surface area contributed by atoms with Crippen molar-refractivity contribution in [1.29, 1.82) is 0 Å². The first-order valence-corrected chi connectivity index (χ1v) is 6.84. The van der Waals surface area contributed by atoms with Gasteiger partial charge in [-0.05, 0) is 19.1 Å². The van der Waals surface area contributed by atoms with E-state index in [4.69, 9.17) is 0 Å².